The van der Waals surface area contributed by atoms with Crippen LogP contribution in [0, 0.1) is 13.8 Å². The fourth-order valence-corrected chi connectivity index (χ4v) is 3.44. The van der Waals surface area contributed by atoms with Gasteiger partial charge in [0.25, 0.3) is 0 Å². The van der Waals surface area contributed by atoms with Gasteiger partial charge in [-0.25, -0.2) is 0 Å². The molecule has 0 bridgehead atoms. The van der Waals surface area contributed by atoms with Crippen LogP contribution in [0.1, 0.15) is 29.2 Å². The van der Waals surface area contributed by atoms with Crippen LogP contribution in [0.4, 0.5) is 5.69 Å². The molecule has 0 saturated carbocycles. The molecule has 3 nitrogen and oxygen atoms in total. The van der Waals surface area contributed by atoms with Crippen molar-refractivity contribution in [3.8, 4) is 0 Å². The monoisotopic (exact) mass is 324 g/mol. The van der Waals surface area contributed by atoms with Gasteiger partial charge in [0.2, 0.25) is 0 Å². The van der Waals surface area contributed by atoms with Crippen LogP contribution in [0.2, 0.25) is 0 Å². The molecule has 1 N–H and O–H groups in total. The highest BCUT2D eigenvalue weighted by atomic mass is 16.3. The SMILES string of the molecule is Cc1cccc(N2CCN(CCC(O)c3ccccc3)CC2)c1C. The Hall–Kier alpha value is -1.84. The topological polar surface area (TPSA) is 26.7 Å². The van der Waals surface area contributed by atoms with Gasteiger partial charge in [0.05, 0.1) is 6.10 Å². The summed E-state index contributed by atoms with van der Waals surface area (Å²) in [6.45, 7) is 9.60. The van der Waals surface area contributed by atoms with Crippen LogP contribution in [-0.4, -0.2) is 42.7 Å². The molecule has 24 heavy (non-hydrogen) atoms. The quantitative estimate of drug-likeness (QED) is 0.911. The number of rotatable bonds is 5. The van der Waals surface area contributed by atoms with Crippen LogP contribution in [0.25, 0.3) is 0 Å². The second-order valence-corrected chi connectivity index (χ2v) is 6.76. The molecule has 1 aliphatic heterocycles. The molecule has 2 aromatic rings. The summed E-state index contributed by atoms with van der Waals surface area (Å²) in [7, 11) is 0. The van der Waals surface area contributed by atoms with Crippen LogP contribution >= 0.6 is 0 Å². The molecule has 0 aromatic heterocycles. The van der Waals surface area contributed by atoms with Crippen molar-refractivity contribution < 1.29 is 5.11 Å². The first kappa shape index (κ1) is 17.0. The fraction of sp³-hybridized carbons (Fsp3) is 0.429. The molecule has 0 spiro atoms. The third-order valence-electron chi connectivity index (χ3n) is 5.19. The molecule has 128 valence electrons. The lowest BCUT2D eigenvalue weighted by Gasteiger charge is -2.37. The second-order valence-electron chi connectivity index (χ2n) is 6.76. The Balaban J connectivity index is 1.50. The van der Waals surface area contributed by atoms with E-state index in [1.54, 1.807) is 0 Å². The lowest BCUT2D eigenvalue weighted by Crippen LogP contribution is -2.47. The Morgan fingerprint density at radius 1 is 0.917 bits per heavy atom. The molecule has 1 fully saturated rings. The molecule has 0 aliphatic carbocycles. The van der Waals surface area contributed by atoms with E-state index in [1.165, 1.54) is 16.8 Å². The van der Waals surface area contributed by atoms with E-state index in [9.17, 15) is 5.11 Å². The van der Waals surface area contributed by atoms with E-state index in [-0.39, 0.29) is 6.10 Å². The van der Waals surface area contributed by atoms with Gasteiger partial charge in [0.15, 0.2) is 0 Å². The third-order valence-corrected chi connectivity index (χ3v) is 5.19. The largest absolute Gasteiger partial charge is 0.388 e. The van der Waals surface area contributed by atoms with Gasteiger partial charge in [-0.15, -0.1) is 0 Å². The number of aryl methyl sites for hydroxylation is 1. The Kier molecular flexibility index (Phi) is 5.54. The molecule has 1 unspecified atom stereocenters. The number of anilines is 1. The number of piperazine rings is 1. The predicted molar refractivity (Wildman–Crippen MR) is 101 cm³/mol. The maximum absolute atomic E-state index is 10.3. The highest BCUT2D eigenvalue weighted by Crippen LogP contribution is 2.24. The van der Waals surface area contributed by atoms with E-state index in [1.807, 2.05) is 30.3 Å². The highest BCUT2D eigenvalue weighted by Gasteiger charge is 2.19. The molecule has 1 atom stereocenters. The number of nitrogens with zero attached hydrogens (tertiary/aromatic N) is 2. The van der Waals surface area contributed by atoms with Crippen molar-refractivity contribution in [2.24, 2.45) is 0 Å². The minimum Gasteiger partial charge on any atom is -0.388 e. The van der Waals surface area contributed by atoms with Gasteiger partial charge in [-0.1, -0.05) is 42.5 Å². The Labute approximate surface area is 145 Å². The van der Waals surface area contributed by atoms with Gasteiger partial charge in [-0.3, -0.25) is 4.90 Å². The van der Waals surface area contributed by atoms with Crippen molar-refractivity contribution in [2.75, 3.05) is 37.6 Å². The van der Waals surface area contributed by atoms with E-state index in [4.69, 9.17) is 0 Å². The number of aliphatic hydroxyl groups excluding tert-OH is 1. The average Bonchev–Trinajstić information content (AvgIpc) is 2.63. The highest BCUT2D eigenvalue weighted by molar-refractivity contribution is 5.56. The smallest absolute Gasteiger partial charge is 0.0802 e. The van der Waals surface area contributed by atoms with Gasteiger partial charge >= 0.3 is 0 Å². The molecule has 2 aromatic carbocycles. The number of hydrogen-bond donors (Lipinski definition) is 1. The zero-order chi connectivity index (χ0) is 16.9. The van der Waals surface area contributed by atoms with Gasteiger partial charge in [0, 0.05) is 38.4 Å². The number of aliphatic hydroxyl groups is 1. The van der Waals surface area contributed by atoms with Crippen molar-refractivity contribution in [3.05, 3.63) is 65.2 Å². The molecule has 0 amide bonds. The average molecular weight is 324 g/mol. The van der Waals surface area contributed by atoms with Crippen LogP contribution < -0.4 is 4.90 Å². The zero-order valence-corrected chi connectivity index (χ0v) is 14.8. The van der Waals surface area contributed by atoms with Crippen molar-refractivity contribution in [1.82, 2.24) is 4.90 Å². The van der Waals surface area contributed by atoms with Crippen LogP contribution in [0.5, 0.6) is 0 Å². The first-order valence-corrected chi connectivity index (χ1v) is 8.91. The van der Waals surface area contributed by atoms with E-state index in [0.29, 0.717) is 0 Å². The molecule has 1 aliphatic rings. The maximum Gasteiger partial charge on any atom is 0.0802 e. The minimum atomic E-state index is -0.358. The summed E-state index contributed by atoms with van der Waals surface area (Å²) in [6, 6.07) is 16.5. The van der Waals surface area contributed by atoms with Crippen molar-refractivity contribution >= 4 is 5.69 Å². The van der Waals surface area contributed by atoms with E-state index in [0.717, 1.165) is 44.7 Å². The fourth-order valence-electron chi connectivity index (χ4n) is 3.44. The summed E-state index contributed by atoms with van der Waals surface area (Å²) in [5.41, 5.74) is 5.15. The van der Waals surface area contributed by atoms with E-state index >= 15 is 0 Å². The van der Waals surface area contributed by atoms with Crippen LogP contribution in [0.3, 0.4) is 0 Å². The van der Waals surface area contributed by atoms with Gasteiger partial charge in [-0.05, 0) is 43.0 Å². The maximum atomic E-state index is 10.3. The number of benzene rings is 2. The first-order chi connectivity index (χ1) is 11.6. The molecule has 1 heterocycles. The van der Waals surface area contributed by atoms with Gasteiger partial charge in [-0.2, -0.15) is 0 Å². The summed E-state index contributed by atoms with van der Waals surface area (Å²) >= 11 is 0. The third kappa shape index (κ3) is 3.97. The van der Waals surface area contributed by atoms with Crippen molar-refractivity contribution in [2.45, 2.75) is 26.4 Å². The molecule has 3 heteroatoms. The van der Waals surface area contributed by atoms with Crippen LogP contribution in [-0.2, 0) is 0 Å². The Bertz CT molecular complexity index is 648. The first-order valence-electron chi connectivity index (χ1n) is 8.91. The summed E-state index contributed by atoms with van der Waals surface area (Å²) in [6.07, 6.45) is 0.441. The molecule has 0 radical (unpaired) electrons. The second kappa shape index (κ2) is 7.82. The Morgan fingerprint density at radius 3 is 2.33 bits per heavy atom. The summed E-state index contributed by atoms with van der Waals surface area (Å²) in [5.74, 6) is 0. The normalized spacial score (nSPS) is 17.0. The predicted octanol–water partition coefficient (Wildman–Crippen LogP) is 3.55. The van der Waals surface area contributed by atoms with Gasteiger partial charge in [0.1, 0.15) is 0 Å². The molecule has 3 rings (SSSR count). The molecule has 1 saturated heterocycles. The Morgan fingerprint density at radius 2 is 1.62 bits per heavy atom. The molecular formula is C21H28N2O. The standard InChI is InChI=1S/C21H28N2O/c1-17-7-6-10-20(18(17)2)23-15-13-22(14-16-23)12-11-21(24)19-8-4-3-5-9-19/h3-10,21,24H,11-16H2,1-2H3. The molecular weight excluding hydrogens is 296 g/mol. The van der Waals surface area contributed by atoms with Crippen molar-refractivity contribution in [3.63, 3.8) is 0 Å². The zero-order valence-electron chi connectivity index (χ0n) is 14.8. The summed E-state index contributed by atoms with van der Waals surface area (Å²) < 4.78 is 0. The summed E-state index contributed by atoms with van der Waals surface area (Å²) in [5, 5.41) is 10.3. The van der Waals surface area contributed by atoms with Gasteiger partial charge < -0.3 is 10.0 Å². The summed E-state index contributed by atoms with van der Waals surface area (Å²) in [4.78, 5) is 4.96. The lowest BCUT2D eigenvalue weighted by atomic mass is 10.1. The minimum absolute atomic E-state index is 0.358. The van der Waals surface area contributed by atoms with E-state index < -0.39 is 0 Å². The lowest BCUT2D eigenvalue weighted by molar-refractivity contribution is 0.139. The van der Waals surface area contributed by atoms with Crippen molar-refractivity contribution in [1.29, 1.82) is 0 Å². The number of hydrogen-bond acceptors (Lipinski definition) is 3. The van der Waals surface area contributed by atoms with Crippen LogP contribution in [0.15, 0.2) is 48.5 Å². The van der Waals surface area contributed by atoms with E-state index in [2.05, 4.69) is 41.8 Å².